The maximum Gasteiger partial charge on any atom is 0.0360 e. The molecule has 0 aromatic heterocycles. The largest absolute Gasteiger partial charge is 0.310 e. The standard InChI is InChI=1S/C20H27N/c1-5-17-8-7-9-19(13-17)20(21-6-2)14-18-11-10-15(3)16(4)12-18/h7-13,20-21H,5-6,14H2,1-4H3. The Morgan fingerprint density at radius 2 is 1.71 bits per heavy atom. The molecule has 2 aromatic rings. The number of hydrogen-bond acceptors (Lipinski definition) is 1. The van der Waals surface area contributed by atoms with Crippen LogP contribution < -0.4 is 5.32 Å². The van der Waals surface area contributed by atoms with Crippen LogP contribution in [-0.2, 0) is 12.8 Å². The third-order valence-electron chi connectivity index (χ3n) is 4.22. The molecule has 1 nitrogen and oxygen atoms in total. The first-order chi connectivity index (χ1) is 10.1. The van der Waals surface area contributed by atoms with E-state index in [0.717, 1.165) is 19.4 Å². The minimum absolute atomic E-state index is 0.392. The van der Waals surface area contributed by atoms with Crippen LogP contribution >= 0.6 is 0 Å². The highest BCUT2D eigenvalue weighted by Crippen LogP contribution is 2.21. The fraction of sp³-hybridized carbons (Fsp3) is 0.400. The van der Waals surface area contributed by atoms with Gasteiger partial charge in [0.25, 0.3) is 0 Å². The van der Waals surface area contributed by atoms with Crippen molar-refractivity contribution >= 4 is 0 Å². The molecule has 2 rings (SSSR count). The normalized spacial score (nSPS) is 12.4. The van der Waals surface area contributed by atoms with Crippen molar-refractivity contribution in [3.05, 3.63) is 70.3 Å². The Morgan fingerprint density at radius 1 is 0.905 bits per heavy atom. The Labute approximate surface area is 129 Å². The van der Waals surface area contributed by atoms with Crippen LogP contribution in [0, 0.1) is 13.8 Å². The molecule has 1 N–H and O–H groups in total. The highest BCUT2D eigenvalue weighted by atomic mass is 14.9. The van der Waals surface area contributed by atoms with Crippen molar-refractivity contribution < 1.29 is 0 Å². The first kappa shape index (κ1) is 15.8. The zero-order chi connectivity index (χ0) is 15.2. The van der Waals surface area contributed by atoms with Gasteiger partial charge in [-0.15, -0.1) is 0 Å². The van der Waals surface area contributed by atoms with E-state index in [2.05, 4.69) is 75.5 Å². The minimum atomic E-state index is 0.392. The molecule has 112 valence electrons. The van der Waals surface area contributed by atoms with Crippen LogP contribution in [0.5, 0.6) is 0 Å². The quantitative estimate of drug-likeness (QED) is 0.805. The lowest BCUT2D eigenvalue weighted by Crippen LogP contribution is -2.23. The summed E-state index contributed by atoms with van der Waals surface area (Å²) in [5, 5.41) is 3.63. The fourth-order valence-corrected chi connectivity index (χ4v) is 2.75. The van der Waals surface area contributed by atoms with Crippen LogP contribution in [0.4, 0.5) is 0 Å². The molecule has 0 aliphatic heterocycles. The van der Waals surface area contributed by atoms with Gasteiger partial charge in [-0.3, -0.25) is 0 Å². The van der Waals surface area contributed by atoms with E-state index in [1.807, 2.05) is 0 Å². The van der Waals surface area contributed by atoms with Crippen LogP contribution in [0.15, 0.2) is 42.5 Å². The summed E-state index contributed by atoms with van der Waals surface area (Å²) in [5.41, 5.74) is 6.97. The van der Waals surface area contributed by atoms with Gasteiger partial charge in [-0.1, -0.05) is 56.3 Å². The molecule has 0 bridgehead atoms. The molecule has 0 fully saturated rings. The summed E-state index contributed by atoms with van der Waals surface area (Å²) in [6, 6.07) is 16.2. The second-order valence-corrected chi connectivity index (χ2v) is 5.83. The van der Waals surface area contributed by atoms with Crippen LogP contribution in [0.3, 0.4) is 0 Å². The van der Waals surface area contributed by atoms with Crippen molar-refractivity contribution in [2.24, 2.45) is 0 Å². The average molecular weight is 281 g/mol. The molecule has 0 amide bonds. The van der Waals surface area contributed by atoms with Crippen molar-refractivity contribution in [2.45, 2.75) is 46.6 Å². The summed E-state index contributed by atoms with van der Waals surface area (Å²) in [4.78, 5) is 0. The molecule has 1 heteroatoms. The number of aryl methyl sites for hydroxylation is 3. The van der Waals surface area contributed by atoms with E-state index in [4.69, 9.17) is 0 Å². The van der Waals surface area contributed by atoms with Gasteiger partial charge in [0, 0.05) is 6.04 Å². The third kappa shape index (κ3) is 4.18. The third-order valence-corrected chi connectivity index (χ3v) is 4.22. The highest BCUT2D eigenvalue weighted by molar-refractivity contribution is 5.32. The molecule has 2 aromatic carbocycles. The summed E-state index contributed by atoms with van der Waals surface area (Å²) in [6.07, 6.45) is 2.14. The first-order valence-corrected chi connectivity index (χ1v) is 8.02. The second-order valence-electron chi connectivity index (χ2n) is 5.83. The number of nitrogens with one attached hydrogen (secondary N) is 1. The number of rotatable bonds is 6. The van der Waals surface area contributed by atoms with Crippen molar-refractivity contribution in [3.8, 4) is 0 Å². The minimum Gasteiger partial charge on any atom is -0.310 e. The lowest BCUT2D eigenvalue weighted by molar-refractivity contribution is 0.549. The molecule has 0 saturated heterocycles. The molecule has 0 spiro atoms. The average Bonchev–Trinajstić information content (AvgIpc) is 2.50. The summed E-state index contributed by atoms with van der Waals surface area (Å²) in [7, 11) is 0. The summed E-state index contributed by atoms with van der Waals surface area (Å²) in [6.45, 7) is 9.75. The molecular formula is C20H27N. The van der Waals surface area contributed by atoms with Gasteiger partial charge in [0.2, 0.25) is 0 Å². The zero-order valence-corrected chi connectivity index (χ0v) is 13.7. The predicted octanol–water partition coefficient (Wildman–Crippen LogP) is 4.76. The Balaban J connectivity index is 2.23. The van der Waals surface area contributed by atoms with Gasteiger partial charge in [0.05, 0.1) is 0 Å². The lowest BCUT2D eigenvalue weighted by atomic mass is 9.95. The molecular weight excluding hydrogens is 254 g/mol. The van der Waals surface area contributed by atoms with Gasteiger partial charge in [-0.2, -0.15) is 0 Å². The van der Waals surface area contributed by atoms with Crippen molar-refractivity contribution in [1.29, 1.82) is 0 Å². The van der Waals surface area contributed by atoms with Crippen molar-refractivity contribution in [3.63, 3.8) is 0 Å². The van der Waals surface area contributed by atoms with E-state index in [9.17, 15) is 0 Å². The summed E-state index contributed by atoms with van der Waals surface area (Å²) < 4.78 is 0. The van der Waals surface area contributed by atoms with Gasteiger partial charge in [0.1, 0.15) is 0 Å². The molecule has 0 radical (unpaired) electrons. The number of benzene rings is 2. The van der Waals surface area contributed by atoms with E-state index >= 15 is 0 Å². The Bertz CT molecular complexity index is 586. The van der Waals surface area contributed by atoms with E-state index in [-0.39, 0.29) is 0 Å². The van der Waals surface area contributed by atoms with Crippen LogP contribution in [-0.4, -0.2) is 6.54 Å². The van der Waals surface area contributed by atoms with Crippen LogP contribution in [0.1, 0.15) is 47.7 Å². The zero-order valence-electron chi connectivity index (χ0n) is 13.7. The Kier molecular flexibility index (Phi) is 5.58. The lowest BCUT2D eigenvalue weighted by Gasteiger charge is -2.20. The first-order valence-electron chi connectivity index (χ1n) is 8.02. The van der Waals surface area contributed by atoms with Crippen LogP contribution in [0.2, 0.25) is 0 Å². The smallest absolute Gasteiger partial charge is 0.0360 e. The Morgan fingerprint density at radius 3 is 2.38 bits per heavy atom. The summed E-state index contributed by atoms with van der Waals surface area (Å²) in [5.74, 6) is 0. The van der Waals surface area contributed by atoms with E-state index in [0.29, 0.717) is 6.04 Å². The van der Waals surface area contributed by atoms with Gasteiger partial charge in [0.15, 0.2) is 0 Å². The van der Waals surface area contributed by atoms with Gasteiger partial charge in [-0.25, -0.2) is 0 Å². The van der Waals surface area contributed by atoms with Gasteiger partial charge >= 0.3 is 0 Å². The predicted molar refractivity (Wildman–Crippen MR) is 91.9 cm³/mol. The maximum atomic E-state index is 3.63. The molecule has 0 aliphatic carbocycles. The molecule has 0 saturated carbocycles. The molecule has 0 aliphatic rings. The van der Waals surface area contributed by atoms with E-state index in [1.165, 1.54) is 27.8 Å². The van der Waals surface area contributed by atoms with E-state index < -0.39 is 0 Å². The molecule has 1 unspecified atom stereocenters. The second kappa shape index (κ2) is 7.42. The van der Waals surface area contributed by atoms with Crippen molar-refractivity contribution in [2.75, 3.05) is 6.54 Å². The number of hydrogen-bond donors (Lipinski definition) is 1. The fourth-order valence-electron chi connectivity index (χ4n) is 2.75. The van der Waals surface area contributed by atoms with Crippen LogP contribution in [0.25, 0.3) is 0 Å². The number of likely N-dealkylation sites (N-methyl/N-ethyl adjacent to an activating group) is 1. The maximum absolute atomic E-state index is 3.63. The summed E-state index contributed by atoms with van der Waals surface area (Å²) >= 11 is 0. The SMILES string of the molecule is CCNC(Cc1ccc(C)c(C)c1)c1cccc(CC)c1. The van der Waals surface area contributed by atoms with Gasteiger partial charge < -0.3 is 5.32 Å². The molecule has 0 heterocycles. The molecule has 1 atom stereocenters. The Hall–Kier alpha value is -1.60. The monoisotopic (exact) mass is 281 g/mol. The van der Waals surface area contributed by atoms with Gasteiger partial charge in [-0.05, 0) is 61.1 Å². The topological polar surface area (TPSA) is 12.0 Å². The highest BCUT2D eigenvalue weighted by Gasteiger charge is 2.12. The molecule has 21 heavy (non-hydrogen) atoms. The van der Waals surface area contributed by atoms with Crippen molar-refractivity contribution in [1.82, 2.24) is 5.32 Å². The van der Waals surface area contributed by atoms with E-state index in [1.54, 1.807) is 0 Å².